The number of rotatable bonds is 3. The van der Waals surface area contributed by atoms with Crippen molar-refractivity contribution in [1.82, 2.24) is 19.6 Å². The maximum atomic E-state index is 12.7. The normalized spacial score (nSPS) is 16.6. The molecule has 1 aromatic carbocycles. The van der Waals surface area contributed by atoms with Gasteiger partial charge in [0, 0.05) is 50.5 Å². The molecule has 0 atom stereocenters. The monoisotopic (exact) mass is 350 g/mol. The molecule has 1 saturated heterocycles. The third-order valence-corrected chi connectivity index (χ3v) is 4.38. The van der Waals surface area contributed by atoms with Crippen LogP contribution in [0, 0.1) is 0 Å². The quantitative estimate of drug-likeness (QED) is 0.791. The van der Waals surface area contributed by atoms with Crippen molar-refractivity contribution < 1.29 is 4.79 Å². The van der Waals surface area contributed by atoms with E-state index < -0.39 is 0 Å². The summed E-state index contributed by atoms with van der Waals surface area (Å²) in [6.07, 6.45) is 0. The third kappa shape index (κ3) is 2.82. The van der Waals surface area contributed by atoms with Gasteiger partial charge in [-0.2, -0.15) is 5.10 Å². The second-order valence-corrected chi connectivity index (χ2v) is 6.11. The lowest BCUT2D eigenvalue weighted by molar-refractivity contribution is 0.0640. The van der Waals surface area contributed by atoms with Gasteiger partial charge in [-0.25, -0.2) is 0 Å². The number of amides is 1. The van der Waals surface area contributed by atoms with Gasteiger partial charge in [-0.05, 0) is 6.07 Å². The van der Waals surface area contributed by atoms with Gasteiger partial charge in [-0.1, -0.05) is 34.1 Å². The van der Waals surface area contributed by atoms with Gasteiger partial charge >= 0.3 is 0 Å². The van der Waals surface area contributed by atoms with Crippen LogP contribution in [0.4, 0.5) is 0 Å². The molecule has 0 unspecified atom stereocenters. The van der Waals surface area contributed by atoms with Crippen LogP contribution in [0.5, 0.6) is 0 Å². The van der Waals surface area contributed by atoms with Crippen LogP contribution in [0.1, 0.15) is 10.5 Å². The number of benzene rings is 1. The summed E-state index contributed by atoms with van der Waals surface area (Å²) in [4.78, 5) is 17.0. The van der Waals surface area contributed by atoms with E-state index in [1.54, 1.807) is 4.68 Å². The van der Waals surface area contributed by atoms with Crippen molar-refractivity contribution in [2.45, 2.75) is 0 Å². The highest BCUT2D eigenvalue weighted by atomic mass is 79.9. The minimum absolute atomic E-state index is 0.0466. The maximum absolute atomic E-state index is 12.7. The molecule has 1 fully saturated rings. The zero-order chi connectivity index (χ0) is 14.8. The van der Waals surface area contributed by atoms with Gasteiger partial charge in [0.2, 0.25) is 0 Å². The minimum Gasteiger partial charge on any atom is -0.335 e. The van der Waals surface area contributed by atoms with Crippen LogP contribution in [-0.4, -0.2) is 63.5 Å². The number of hydrogen-bond acceptors (Lipinski definition) is 3. The van der Waals surface area contributed by atoms with Crippen molar-refractivity contribution in [3.8, 4) is 0 Å². The summed E-state index contributed by atoms with van der Waals surface area (Å²) in [6, 6.07) is 7.88. The van der Waals surface area contributed by atoms with Crippen molar-refractivity contribution in [1.29, 1.82) is 0 Å². The highest BCUT2D eigenvalue weighted by Crippen LogP contribution is 2.19. The Morgan fingerprint density at radius 1 is 1.24 bits per heavy atom. The van der Waals surface area contributed by atoms with E-state index in [0.717, 1.165) is 49.0 Å². The largest absolute Gasteiger partial charge is 0.335 e. The van der Waals surface area contributed by atoms with Crippen LogP contribution in [0.25, 0.3) is 10.9 Å². The van der Waals surface area contributed by atoms with Crippen LogP contribution in [0.3, 0.4) is 0 Å². The molecule has 6 heteroatoms. The van der Waals surface area contributed by atoms with Gasteiger partial charge in [0.05, 0.1) is 5.52 Å². The van der Waals surface area contributed by atoms with Gasteiger partial charge in [0.25, 0.3) is 5.91 Å². The molecule has 3 rings (SSSR count). The Hall–Kier alpha value is -1.40. The van der Waals surface area contributed by atoms with Gasteiger partial charge in [0.1, 0.15) is 0 Å². The third-order valence-electron chi connectivity index (χ3n) is 4.02. The van der Waals surface area contributed by atoms with Crippen LogP contribution in [0.15, 0.2) is 24.3 Å². The number of aryl methyl sites for hydroxylation is 1. The van der Waals surface area contributed by atoms with Crippen molar-refractivity contribution in [3.63, 3.8) is 0 Å². The summed E-state index contributed by atoms with van der Waals surface area (Å²) in [5.74, 6) is 0.0466. The summed E-state index contributed by atoms with van der Waals surface area (Å²) in [7, 11) is 1.88. The SMILES string of the molecule is Cn1nc(C(=O)N2CCN(CCBr)CC2)c2ccccc21. The summed E-state index contributed by atoms with van der Waals surface area (Å²) >= 11 is 3.46. The zero-order valence-corrected chi connectivity index (χ0v) is 13.7. The van der Waals surface area contributed by atoms with Crippen LogP contribution >= 0.6 is 15.9 Å². The molecule has 0 N–H and O–H groups in total. The Bertz CT molecular complexity index is 646. The molecular weight excluding hydrogens is 332 g/mol. The average molecular weight is 351 g/mol. The number of carbonyl (C=O) groups excluding carboxylic acids is 1. The summed E-state index contributed by atoms with van der Waals surface area (Å²) in [5.41, 5.74) is 1.57. The van der Waals surface area contributed by atoms with E-state index in [4.69, 9.17) is 0 Å². The fourth-order valence-electron chi connectivity index (χ4n) is 2.82. The first-order valence-electron chi connectivity index (χ1n) is 7.20. The molecular formula is C15H19BrN4O. The highest BCUT2D eigenvalue weighted by molar-refractivity contribution is 9.09. The predicted molar refractivity (Wildman–Crippen MR) is 86.9 cm³/mol. The summed E-state index contributed by atoms with van der Waals surface area (Å²) < 4.78 is 1.78. The Morgan fingerprint density at radius 3 is 2.67 bits per heavy atom. The smallest absolute Gasteiger partial charge is 0.275 e. The van der Waals surface area contributed by atoms with Gasteiger partial charge in [-0.3, -0.25) is 14.4 Å². The highest BCUT2D eigenvalue weighted by Gasteiger charge is 2.25. The maximum Gasteiger partial charge on any atom is 0.275 e. The van der Waals surface area contributed by atoms with E-state index in [-0.39, 0.29) is 5.91 Å². The number of aromatic nitrogens is 2. The van der Waals surface area contributed by atoms with Crippen molar-refractivity contribution in [2.75, 3.05) is 38.1 Å². The van der Waals surface area contributed by atoms with E-state index in [2.05, 4.69) is 25.9 Å². The zero-order valence-electron chi connectivity index (χ0n) is 12.1. The minimum atomic E-state index is 0.0466. The number of nitrogens with zero attached hydrogens (tertiary/aromatic N) is 4. The number of piperazine rings is 1. The molecule has 1 aromatic heterocycles. The molecule has 1 aliphatic rings. The molecule has 0 radical (unpaired) electrons. The molecule has 0 aliphatic carbocycles. The van der Waals surface area contributed by atoms with Crippen molar-refractivity contribution in [3.05, 3.63) is 30.0 Å². The Labute approximate surface area is 132 Å². The number of halogens is 1. The van der Waals surface area contributed by atoms with E-state index in [1.165, 1.54) is 0 Å². The van der Waals surface area contributed by atoms with Crippen LogP contribution in [0.2, 0.25) is 0 Å². The molecule has 0 spiro atoms. The number of alkyl halides is 1. The number of fused-ring (bicyclic) bond motifs is 1. The molecule has 1 amide bonds. The van der Waals surface area contributed by atoms with E-state index >= 15 is 0 Å². The fourth-order valence-corrected chi connectivity index (χ4v) is 3.32. The molecule has 0 bridgehead atoms. The Kier molecular flexibility index (Phi) is 4.26. The Morgan fingerprint density at radius 2 is 1.95 bits per heavy atom. The van der Waals surface area contributed by atoms with Crippen LogP contribution < -0.4 is 0 Å². The first kappa shape index (κ1) is 14.5. The molecule has 2 aromatic rings. The van der Waals surface area contributed by atoms with Gasteiger partial charge < -0.3 is 4.90 Å². The lowest BCUT2D eigenvalue weighted by Crippen LogP contribution is -2.49. The molecule has 21 heavy (non-hydrogen) atoms. The molecule has 112 valence electrons. The van der Waals surface area contributed by atoms with E-state index in [0.29, 0.717) is 5.69 Å². The Balaban J connectivity index is 1.79. The van der Waals surface area contributed by atoms with Gasteiger partial charge in [-0.15, -0.1) is 0 Å². The molecule has 5 nitrogen and oxygen atoms in total. The predicted octanol–water partition coefficient (Wildman–Crippen LogP) is 1.73. The first-order valence-corrected chi connectivity index (χ1v) is 8.32. The van der Waals surface area contributed by atoms with Crippen molar-refractivity contribution >= 4 is 32.7 Å². The second-order valence-electron chi connectivity index (χ2n) is 5.31. The average Bonchev–Trinajstić information content (AvgIpc) is 2.85. The summed E-state index contributed by atoms with van der Waals surface area (Å²) in [6.45, 7) is 4.45. The number of hydrogen-bond donors (Lipinski definition) is 0. The first-order chi connectivity index (χ1) is 10.2. The fraction of sp³-hybridized carbons (Fsp3) is 0.467. The lowest BCUT2D eigenvalue weighted by atomic mass is 10.2. The standard InChI is InChI=1S/C15H19BrN4O/c1-18-13-5-3-2-4-12(13)14(17-18)15(21)20-10-8-19(7-6-16)9-11-20/h2-5H,6-11H2,1H3. The topological polar surface area (TPSA) is 41.4 Å². The second kappa shape index (κ2) is 6.15. The molecule has 0 saturated carbocycles. The van der Waals surface area contributed by atoms with E-state index in [9.17, 15) is 4.79 Å². The number of para-hydroxylation sites is 1. The number of carbonyl (C=O) groups is 1. The lowest BCUT2D eigenvalue weighted by Gasteiger charge is -2.34. The van der Waals surface area contributed by atoms with E-state index in [1.807, 2.05) is 36.2 Å². The molecule has 2 heterocycles. The van der Waals surface area contributed by atoms with Crippen LogP contribution in [-0.2, 0) is 7.05 Å². The summed E-state index contributed by atoms with van der Waals surface area (Å²) in [5, 5.41) is 6.34. The molecule has 1 aliphatic heterocycles. The van der Waals surface area contributed by atoms with Gasteiger partial charge in [0.15, 0.2) is 5.69 Å². The van der Waals surface area contributed by atoms with Crippen molar-refractivity contribution in [2.24, 2.45) is 7.05 Å².